The molecule has 0 aliphatic carbocycles. The Morgan fingerprint density at radius 3 is 2.58 bits per heavy atom. The standard InChI is InChI=1S/C14H18N6O4/c1-4-23-12(21)9-20-14(16-17-18-20)24-11-7-5-10(6-8-11)15-13(22)19(2)3/h5-8H,4,9H2,1-3H3,(H,15,22). The van der Waals surface area contributed by atoms with E-state index >= 15 is 0 Å². The molecule has 0 aliphatic rings. The number of rotatable bonds is 6. The summed E-state index contributed by atoms with van der Waals surface area (Å²) in [6.07, 6.45) is 0. The Kier molecular flexibility index (Phi) is 5.66. The lowest BCUT2D eigenvalue weighted by atomic mass is 10.3. The van der Waals surface area contributed by atoms with Gasteiger partial charge in [-0.15, -0.1) is 0 Å². The lowest BCUT2D eigenvalue weighted by molar-refractivity contribution is -0.144. The first-order valence-corrected chi connectivity index (χ1v) is 7.17. The molecule has 2 rings (SSSR count). The van der Waals surface area contributed by atoms with Gasteiger partial charge in [0.15, 0.2) is 0 Å². The smallest absolute Gasteiger partial charge is 0.341 e. The number of ether oxygens (including phenoxy) is 2. The van der Waals surface area contributed by atoms with Crippen molar-refractivity contribution in [2.75, 3.05) is 26.0 Å². The fourth-order valence-electron chi connectivity index (χ4n) is 1.64. The molecule has 0 atom stereocenters. The third kappa shape index (κ3) is 4.66. The Balaban J connectivity index is 2.00. The van der Waals surface area contributed by atoms with E-state index < -0.39 is 5.97 Å². The monoisotopic (exact) mass is 334 g/mol. The summed E-state index contributed by atoms with van der Waals surface area (Å²) in [6.45, 7) is 1.84. The Labute approximate surface area is 138 Å². The van der Waals surface area contributed by atoms with E-state index in [1.807, 2.05) is 0 Å². The van der Waals surface area contributed by atoms with Gasteiger partial charge in [0.05, 0.1) is 6.61 Å². The van der Waals surface area contributed by atoms with Crippen molar-refractivity contribution in [2.24, 2.45) is 0 Å². The zero-order chi connectivity index (χ0) is 17.5. The number of tetrazole rings is 1. The number of urea groups is 1. The maximum Gasteiger partial charge on any atom is 0.341 e. The van der Waals surface area contributed by atoms with Crippen LogP contribution in [0, 0.1) is 0 Å². The van der Waals surface area contributed by atoms with Crippen LogP contribution in [0.4, 0.5) is 10.5 Å². The van der Waals surface area contributed by atoms with E-state index in [1.54, 1.807) is 45.3 Å². The molecule has 0 bridgehead atoms. The second kappa shape index (κ2) is 7.90. The van der Waals surface area contributed by atoms with E-state index in [2.05, 4.69) is 20.8 Å². The molecular formula is C14H18N6O4. The summed E-state index contributed by atoms with van der Waals surface area (Å²) < 4.78 is 11.6. The van der Waals surface area contributed by atoms with E-state index in [1.165, 1.54) is 9.58 Å². The van der Waals surface area contributed by atoms with Crippen LogP contribution < -0.4 is 10.1 Å². The Hall–Kier alpha value is -3.17. The van der Waals surface area contributed by atoms with Crippen molar-refractivity contribution in [3.63, 3.8) is 0 Å². The van der Waals surface area contributed by atoms with Crippen molar-refractivity contribution >= 4 is 17.7 Å². The molecule has 128 valence electrons. The predicted molar refractivity (Wildman–Crippen MR) is 83.7 cm³/mol. The van der Waals surface area contributed by atoms with Gasteiger partial charge in [0, 0.05) is 19.8 Å². The fraction of sp³-hybridized carbons (Fsp3) is 0.357. The molecule has 0 unspecified atom stereocenters. The Bertz CT molecular complexity index is 698. The number of aromatic nitrogens is 4. The molecule has 2 amide bonds. The van der Waals surface area contributed by atoms with Crippen LogP contribution in [0.25, 0.3) is 0 Å². The number of benzene rings is 1. The highest BCUT2D eigenvalue weighted by Gasteiger charge is 2.13. The number of anilines is 1. The van der Waals surface area contributed by atoms with E-state index in [-0.39, 0.29) is 25.2 Å². The normalized spacial score (nSPS) is 10.1. The molecule has 1 aromatic heterocycles. The van der Waals surface area contributed by atoms with Crippen LogP contribution in [0.5, 0.6) is 11.8 Å². The zero-order valence-corrected chi connectivity index (χ0v) is 13.6. The number of nitrogens with zero attached hydrogens (tertiary/aromatic N) is 5. The number of hydrogen-bond acceptors (Lipinski definition) is 7. The van der Waals surface area contributed by atoms with E-state index in [4.69, 9.17) is 9.47 Å². The average Bonchev–Trinajstić information content (AvgIpc) is 2.96. The van der Waals surface area contributed by atoms with Crippen LogP contribution in [-0.4, -0.2) is 57.8 Å². The van der Waals surface area contributed by atoms with Gasteiger partial charge < -0.3 is 19.7 Å². The summed E-state index contributed by atoms with van der Waals surface area (Å²) in [4.78, 5) is 24.5. The number of carbonyl (C=O) groups is 2. The first kappa shape index (κ1) is 17.2. The number of hydrogen-bond donors (Lipinski definition) is 1. The fourth-order valence-corrected chi connectivity index (χ4v) is 1.64. The summed E-state index contributed by atoms with van der Waals surface area (Å²) in [6, 6.07) is 6.48. The number of esters is 1. The van der Waals surface area contributed by atoms with Gasteiger partial charge >= 0.3 is 18.0 Å². The minimum absolute atomic E-state index is 0.0631. The van der Waals surface area contributed by atoms with E-state index in [0.29, 0.717) is 11.4 Å². The van der Waals surface area contributed by atoms with Gasteiger partial charge in [0.2, 0.25) is 0 Å². The summed E-state index contributed by atoms with van der Waals surface area (Å²) >= 11 is 0. The molecular weight excluding hydrogens is 316 g/mol. The Morgan fingerprint density at radius 2 is 1.96 bits per heavy atom. The van der Waals surface area contributed by atoms with Crippen molar-refractivity contribution in [3.8, 4) is 11.8 Å². The molecule has 10 heteroatoms. The quantitative estimate of drug-likeness (QED) is 0.788. The Morgan fingerprint density at radius 1 is 1.25 bits per heavy atom. The highest BCUT2D eigenvalue weighted by molar-refractivity contribution is 5.88. The van der Waals surface area contributed by atoms with Crippen LogP contribution in [0.15, 0.2) is 24.3 Å². The van der Waals surface area contributed by atoms with Gasteiger partial charge in [0.25, 0.3) is 0 Å². The largest absolute Gasteiger partial charge is 0.465 e. The molecule has 0 saturated carbocycles. The van der Waals surface area contributed by atoms with Crippen LogP contribution in [0.1, 0.15) is 6.92 Å². The lowest BCUT2D eigenvalue weighted by Gasteiger charge is -2.12. The molecule has 0 spiro atoms. The van der Waals surface area contributed by atoms with Crippen LogP contribution in [0.2, 0.25) is 0 Å². The van der Waals surface area contributed by atoms with Gasteiger partial charge in [-0.05, 0) is 41.6 Å². The van der Waals surface area contributed by atoms with Crippen molar-refractivity contribution in [3.05, 3.63) is 24.3 Å². The molecule has 1 heterocycles. The summed E-state index contributed by atoms with van der Waals surface area (Å²) in [5.41, 5.74) is 0.618. The van der Waals surface area contributed by atoms with Crippen molar-refractivity contribution in [2.45, 2.75) is 13.5 Å². The molecule has 24 heavy (non-hydrogen) atoms. The van der Waals surface area contributed by atoms with Crippen LogP contribution in [0.3, 0.4) is 0 Å². The van der Waals surface area contributed by atoms with Gasteiger partial charge in [-0.25, -0.2) is 4.79 Å². The van der Waals surface area contributed by atoms with Crippen LogP contribution >= 0.6 is 0 Å². The highest BCUT2D eigenvalue weighted by Crippen LogP contribution is 2.21. The van der Waals surface area contributed by atoms with E-state index in [9.17, 15) is 9.59 Å². The van der Waals surface area contributed by atoms with Gasteiger partial charge in [0.1, 0.15) is 12.3 Å². The first-order chi connectivity index (χ1) is 11.5. The molecule has 10 nitrogen and oxygen atoms in total. The van der Waals surface area contributed by atoms with Crippen LogP contribution in [-0.2, 0) is 16.1 Å². The van der Waals surface area contributed by atoms with Crippen molar-refractivity contribution in [1.82, 2.24) is 25.1 Å². The first-order valence-electron chi connectivity index (χ1n) is 7.17. The minimum atomic E-state index is -0.462. The SMILES string of the molecule is CCOC(=O)Cn1nnnc1Oc1ccc(NC(=O)N(C)C)cc1. The van der Waals surface area contributed by atoms with Gasteiger partial charge in [-0.3, -0.25) is 4.79 Å². The predicted octanol–water partition coefficient (Wildman–Crippen LogP) is 1.12. The van der Waals surface area contributed by atoms with E-state index in [0.717, 1.165) is 0 Å². The minimum Gasteiger partial charge on any atom is -0.465 e. The topological polar surface area (TPSA) is 111 Å². The maximum absolute atomic E-state index is 11.6. The van der Waals surface area contributed by atoms with Gasteiger partial charge in [-0.1, -0.05) is 5.10 Å². The number of amides is 2. The molecule has 0 fully saturated rings. The molecule has 0 radical (unpaired) electrons. The molecule has 0 saturated heterocycles. The highest BCUT2D eigenvalue weighted by atomic mass is 16.5. The second-order valence-corrected chi connectivity index (χ2v) is 4.88. The molecule has 0 aliphatic heterocycles. The summed E-state index contributed by atoms with van der Waals surface area (Å²) in [7, 11) is 3.30. The van der Waals surface area contributed by atoms with Crippen molar-refractivity contribution in [1.29, 1.82) is 0 Å². The number of nitrogens with one attached hydrogen (secondary N) is 1. The summed E-state index contributed by atoms with van der Waals surface area (Å²) in [5.74, 6) is -0.00541. The molecule has 1 aromatic carbocycles. The maximum atomic E-state index is 11.6. The summed E-state index contributed by atoms with van der Waals surface area (Å²) in [5, 5.41) is 13.6. The third-order valence-corrected chi connectivity index (χ3v) is 2.80. The van der Waals surface area contributed by atoms with Crippen molar-refractivity contribution < 1.29 is 19.1 Å². The zero-order valence-electron chi connectivity index (χ0n) is 13.6. The van der Waals surface area contributed by atoms with Gasteiger partial charge in [-0.2, -0.15) is 4.68 Å². The molecule has 2 aromatic rings. The molecule has 1 N–H and O–H groups in total. The number of carbonyl (C=O) groups excluding carboxylic acids is 2. The third-order valence-electron chi connectivity index (χ3n) is 2.80. The average molecular weight is 334 g/mol. The second-order valence-electron chi connectivity index (χ2n) is 4.88. The lowest BCUT2D eigenvalue weighted by Crippen LogP contribution is -2.27.